The van der Waals surface area contributed by atoms with Crippen LogP contribution in [0.1, 0.15) is 47.4 Å². The Morgan fingerprint density at radius 3 is 2.74 bits per heavy atom. The monoisotopic (exact) mass is 474 g/mol. The molecule has 3 aromatic heterocycles. The molecule has 1 fully saturated rings. The van der Waals surface area contributed by atoms with Gasteiger partial charge in [0.25, 0.3) is 5.91 Å². The highest BCUT2D eigenvalue weighted by molar-refractivity contribution is 6.06. The Morgan fingerprint density at radius 1 is 1.09 bits per heavy atom. The zero-order valence-electron chi connectivity index (χ0n) is 19.9. The number of piperidine rings is 1. The zero-order valence-corrected chi connectivity index (χ0v) is 19.9. The first-order valence-corrected chi connectivity index (χ1v) is 12.1. The number of ether oxygens (including phenoxy) is 1. The second-order valence-electron chi connectivity index (χ2n) is 9.10. The van der Waals surface area contributed by atoms with Crippen molar-refractivity contribution in [1.82, 2.24) is 19.9 Å². The van der Waals surface area contributed by atoms with Gasteiger partial charge in [0.1, 0.15) is 5.65 Å². The molecule has 0 bridgehead atoms. The van der Waals surface area contributed by atoms with Crippen molar-refractivity contribution in [1.29, 1.82) is 0 Å². The van der Waals surface area contributed by atoms with Crippen LogP contribution < -0.4 is 10.6 Å². The second kappa shape index (κ2) is 10.4. The number of anilines is 2. The van der Waals surface area contributed by atoms with Gasteiger partial charge in [-0.1, -0.05) is 12.5 Å². The Kier molecular flexibility index (Phi) is 6.87. The largest absolute Gasteiger partial charge is 0.377 e. The van der Waals surface area contributed by atoms with E-state index in [2.05, 4.69) is 36.6 Å². The van der Waals surface area contributed by atoms with Crippen LogP contribution in [0.3, 0.4) is 0 Å². The molecule has 3 aromatic rings. The van der Waals surface area contributed by atoms with Crippen LogP contribution >= 0.6 is 0 Å². The summed E-state index contributed by atoms with van der Waals surface area (Å²) in [4.78, 5) is 39.8. The lowest BCUT2D eigenvalue weighted by atomic mass is 10.1. The molecule has 2 aliphatic heterocycles. The summed E-state index contributed by atoms with van der Waals surface area (Å²) in [6.45, 7) is 5.40. The predicted molar refractivity (Wildman–Crippen MR) is 135 cm³/mol. The summed E-state index contributed by atoms with van der Waals surface area (Å²) in [6.07, 6.45) is 9.57. The average Bonchev–Trinajstić information content (AvgIpc) is 3.31. The van der Waals surface area contributed by atoms with Crippen LogP contribution in [0.5, 0.6) is 0 Å². The number of aromatic amines is 1. The highest BCUT2D eigenvalue weighted by atomic mass is 16.5. The lowest BCUT2D eigenvalue weighted by molar-refractivity contribution is -0.117. The molecule has 9 heteroatoms. The van der Waals surface area contributed by atoms with Gasteiger partial charge in [-0.25, -0.2) is 4.98 Å². The number of aromatic nitrogens is 3. The van der Waals surface area contributed by atoms with Crippen LogP contribution in [0.4, 0.5) is 11.4 Å². The maximum atomic E-state index is 13.0. The number of nitrogens with one attached hydrogen (secondary N) is 3. The van der Waals surface area contributed by atoms with Crippen molar-refractivity contribution in [2.75, 3.05) is 43.5 Å². The Hall–Kier alpha value is -3.56. The lowest BCUT2D eigenvalue weighted by Crippen LogP contribution is -2.36. The third kappa shape index (κ3) is 5.58. The number of carbonyl (C=O) groups is 2. The van der Waals surface area contributed by atoms with Gasteiger partial charge < -0.3 is 20.4 Å². The summed E-state index contributed by atoms with van der Waals surface area (Å²) in [6, 6.07) is 5.58. The number of rotatable bonds is 6. The summed E-state index contributed by atoms with van der Waals surface area (Å²) < 4.78 is 5.39. The normalized spacial score (nSPS) is 16.7. The van der Waals surface area contributed by atoms with E-state index >= 15 is 0 Å². The molecule has 5 heterocycles. The van der Waals surface area contributed by atoms with Crippen molar-refractivity contribution in [2.45, 2.75) is 32.6 Å². The number of H-pyrrole nitrogens is 1. The van der Waals surface area contributed by atoms with Crippen molar-refractivity contribution >= 4 is 39.8 Å². The fraction of sp³-hybridized carbons (Fsp3) is 0.385. The standard InChI is InChI=1S/C26H30N6O3/c1-17-22(13-21(15-27-17)29-24(33)16-32-7-3-2-4-8-32)31-26(34)20-11-19-12-23(30-25(19)28-14-20)18-5-9-35-10-6-18/h5,11-15H,2-4,6-10,16H2,1H3,(H,28,30)(H,29,33)(H,31,34). The molecule has 35 heavy (non-hydrogen) atoms. The van der Waals surface area contributed by atoms with Gasteiger partial charge in [0.2, 0.25) is 5.91 Å². The summed E-state index contributed by atoms with van der Waals surface area (Å²) in [5.41, 5.74) is 5.15. The summed E-state index contributed by atoms with van der Waals surface area (Å²) >= 11 is 0. The Bertz CT molecular complexity index is 1280. The first kappa shape index (κ1) is 23.2. The third-order valence-corrected chi connectivity index (χ3v) is 6.48. The molecule has 3 N–H and O–H groups in total. The molecule has 0 unspecified atom stereocenters. The Balaban J connectivity index is 1.27. The maximum Gasteiger partial charge on any atom is 0.257 e. The number of fused-ring (bicyclic) bond motifs is 1. The van der Waals surface area contributed by atoms with Gasteiger partial charge in [0, 0.05) is 17.3 Å². The second-order valence-corrected chi connectivity index (χ2v) is 9.10. The first-order valence-electron chi connectivity index (χ1n) is 12.1. The lowest BCUT2D eigenvalue weighted by Gasteiger charge is -2.25. The highest BCUT2D eigenvalue weighted by Gasteiger charge is 2.16. The maximum absolute atomic E-state index is 13.0. The number of hydrogen-bond acceptors (Lipinski definition) is 6. The van der Waals surface area contributed by atoms with E-state index in [1.807, 2.05) is 19.1 Å². The smallest absolute Gasteiger partial charge is 0.257 e. The molecule has 0 spiro atoms. The van der Waals surface area contributed by atoms with Gasteiger partial charge in [-0.2, -0.15) is 0 Å². The molecule has 0 saturated carbocycles. The Labute approximate surface area is 204 Å². The quantitative estimate of drug-likeness (QED) is 0.502. The molecular formula is C26H30N6O3. The first-order chi connectivity index (χ1) is 17.0. The number of hydrogen-bond donors (Lipinski definition) is 3. The molecule has 0 atom stereocenters. The number of pyridine rings is 2. The zero-order chi connectivity index (χ0) is 24.2. The van der Waals surface area contributed by atoms with E-state index in [0.29, 0.717) is 42.4 Å². The molecular weight excluding hydrogens is 444 g/mol. The number of nitrogens with zero attached hydrogens (tertiary/aromatic N) is 3. The van der Waals surface area contributed by atoms with E-state index in [4.69, 9.17) is 4.74 Å². The fourth-order valence-electron chi connectivity index (χ4n) is 4.53. The number of likely N-dealkylation sites (tertiary alicyclic amines) is 1. The SMILES string of the molecule is Cc1ncc(NC(=O)CN2CCCCC2)cc1NC(=O)c1cnc2[nH]c(C3=CCOCC3)cc2c1. The number of carbonyl (C=O) groups excluding carboxylic acids is 2. The van der Waals surface area contributed by atoms with E-state index in [9.17, 15) is 9.59 Å². The van der Waals surface area contributed by atoms with Crippen molar-refractivity contribution in [3.05, 3.63) is 53.6 Å². The van der Waals surface area contributed by atoms with Gasteiger partial charge in [0.15, 0.2) is 0 Å². The summed E-state index contributed by atoms with van der Waals surface area (Å²) in [7, 11) is 0. The number of amides is 2. The molecule has 2 amide bonds. The minimum absolute atomic E-state index is 0.0765. The molecule has 182 valence electrons. The van der Waals surface area contributed by atoms with Crippen molar-refractivity contribution in [3.8, 4) is 0 Å². The van der Waals surface area contributed by atoms with Crippen LogP contribution in [0.25, 0.3) is 16.6 Å². The van der Waals surface area contributed by atoms with Crippen LogP contribution in [-0.4, -0.2) is 64.5 Å². The van der Waals surface area contributed by atoms with Crippen molar-refractivity contribution in [3.63, 3.8) is 0 Å². The van der Waals surface area contributed by atoms with Crippen LogP contribution in [0.2, 0.25) is 0 Å². The van der Waals surface area contributed by atoms with E-state index in [1.165, 1.54) is 12.0 Å². The fourth-order valence-corrected chi connectivity index (χ4v) is 4.53. The molecule has 9 nitrogen and oxygen atoms in total. The van der Waals surface area contributed by atoms with Gasteiger partial charge in [0.05, 0.1) is 48.6 Å². The van der Waals surface area contributed by atoms with Gasteiger partial charge in [-0.3, -0.25) is 19.5 Å². The molecule has 0 radical (unpaired) electrons. The van der Waals surface area contributed by atoms with Crippen molar-refractivity contribution < 1.29 is 14.3 Å². The molecule has 2 aliphatic rings. The molecule has 1 saturated heterocycles. The van der Waals surface area contributed by atoms with Crippen LogP contribution in [0.15, 0.2) is 36.7 Å². The molecule has 0 aromatic carbocycles. The van der Waals surface area contributed by atoms with E-state index in [1.54, 1.807) is 18.5 Å². The van der Waals surface area contributed by atoms with E-state index in [0.717, 1.165) is 49.1 Å². The van der Waals surface area contributed by atoms with Gasteiger partial charge in [-0.15, -0.1) is 0 Å². The predicted octanol–water partition coefficient (Wildman–Crippen LogP) is 3.75. The van der Waals surface area contributed by atoms with Crippen LogP contribution in [-0.2, 0) is 9.53 Å². The molecule has 5 rings (SSSR count). The van der Waals surface area contributed by atoms with E-state index in [-0.39, 0.29) is 11.8 Å². The summed E-state index contributed by atoms with van der Waals surface area (Å²) in [5, 5.41) is 6.69. The van der Waals surface area contributed by atoms with Crippen LogP contribution in [0, 0.1) is 6.92 Å². The topological polar surface area (TPSA) is 112 Å². The van der Waals surface area contributed by atoms with Gasteiger partial charge in [-0.05, 0) is 63.0 Å². The highest BCUT2D eigenvalue weighted by Crippen LogP contribution is 2.25. The van der Waals surface area contributed by atoms with E-state index < -0.39 is 0 Å². The third-order valence-electron chi connectivity index (χ3n) is 6.48. The Morgan fingerprint density at radius 2 is 1.94 bits per heavy atom. The number of aryl methyl sites for hydroxylation is 1. The summed E-state index contributed by atoms with van der Waals surface area (Å²) in [5.74, 6) is -0.360. The minimum Gasteiger partial charge on any atom is -0.377 e. The minimum atomic E-state index is -0.283. The molecule has 0 aliphatic carbocycles. The van der Waals surface area contributed by atoms with Gasteiger partial charge >= 0.3 is 0 Å². The van der Waals surface area contributed by atoms with Crippen molar-refractivity contribution in [2.24, 2.45) is 0 Å². The average molecular weight is 475 g/mol.